The number of nitrogens with zero attached hydrogens (tertiary/aromatic N) is 1. The van der Waals surface area contributed by atoms with Gasteiger partial charge in [0.1, 0.15) is 9.35 Å². The van der Waals surface area contributed by atoms with Crippen molar-refractivity contribution in [2.45, 2.75) is 83.3 Å². The van der Waals surface area contributed by atoms with Gasteiger partial charge in [-0.2, -0.15) is 0 Å². The average Bonchev–Trinajstić information content (AvgIpc) is 2.49. The molecule has 0 saturated heterocycles. The normalized spacial score (nSPS) is 23.2. The van der Waals surface area contributed by atoms with Gasteiger partial charge in [-0.25, -0.2) is 4.98 Å². The Morgan fingerprint density at radius 3 is 2.36 bits per heavy atom. The van der Waals surface area contributed by atoms with Gasteiger partial charge in [0.2, 0.25) is 0 Å². The minimum atomic E-state index is -1.70. The number of pyridine rings is 1. The molecule has 1 aromatic heterocycles. The number of hydrogen-bond acceptors (Lipinski definition) is 4. The van der Waals surface area contributed by atoms with Crippen LogP contribution in [0.25, 0.3) is 0 Å². The smallest absolute Gasteiger partial charge is 0.191 e. The Labute approximate surface area is 184 Å². The summed E-state index contributed by atoms with van der Waals surface area (Å²) in [5.74, 6) is 1.01. The van der Waals surface area contributed by atoms with Crippen LogP contribution < -0.4 is 4.72 Å². The van der Waals surface area contributed by atoms with Gasteiger partial charge in [-0.1, -0.05) is 26.8 Å². The van der Waals surface area contributed by atoms with Crippen molar-refractivity contribution in [2.24, 2.45) is 11.8 Å². The van der Waals surface area contributed by atoms with Gasteiger partial charge in [-0.15, -0.1) is 4.72 Å². The zero-order valence-electron chi connectivity index (χ0n) is 18.6. The Morgan fingerprint density at radius 1 is 1.25 bits per heavy atom. The van der Waals surface area contributed by atoms with Crippen LogP contribution in [0.5, 0.6) is 0 Å². The molecule has 0 aliphatic heterocycles. The summed E-state index contributed by atoms with van der Waals surface area (Å²) < 4.78 is 23.1. The first-order valence-electron chi connectivity index (χ1n) is 10.1. The zero-order chi connectivity index (χ0) is 21.3. The molecule has 1 aromatic rings. The van der Waals surface area contributed by atoms with Crippen LogP contribution in [-0.4, -0.2) is 29.2 Å². The quantitative estimate of drug-likeness (QED) is 0.291. The molecule has 2 rings (SSSR count). The fourth-order valence-corrected chi connectivity index (χ4v) is 5.37. The average molecular weight is 490 g/mol. The summed E-state index contributed by atoms with van der Waals surface area (Å²) in [5, 5.41) is 0.240. The lowest BCUT2D eigenvalue weighted by atomic mass is 9.71. The molecule has 0 amide bonds. The molecule has 0 radical (unpaired) electrons. The van der Waals surface area contributed by atoms with Crippen molar-refractivity contribution in [3.8, 4) is 0 Å². The second-order valence-electron chi connectivity index (χ2n) is 10.5. The van der Waals surface area contributed by atoms with E-state index in [9.17, 15) is 4.55 Å². The van der Waals surface area contributed by atoms with E-state index in [1.165, 1.54) is 0 Å². The van der Waals surface area contributed by atoms with Crippen LogP contribution in [0.1, 0.15) is 66.1 Å². The second-order valence-corrected chi connectivity index (χ2v) is 18.2. The molecule has 28 heavy (non-hydrogen) atoms. The van der Waals surface area contributed by atoms with Crippen molar-refractivity contribution in [2.75, 3.05) is 6.61 Å². The minimum absolute atomic E-state index is 0.00156. The van der Waals surface area contributed by atoms with Crippen molar-refractivity contribution >= 4 is 35.6 Å². The summed E-state index contributed by atoms with van der Waals surface area (Å²) in [5.41, 5.74) is 0.959. The van der Waals surface area contributed by atoms with Crippen LogP contribution >= 0.6 is 15.9 Å². The van der Waals surface area contributed by atoms with E-state index in [2.05, 4.69) is 59.5 Å². The number of aromatic nitrogens is 1. The number of nitrogens with one attached hydrogen (secondary N) is 1. The minimum Gasteiger partial charge on any atom is -0.598 e. The fourth-order valence-electron chi connectivity index (χ4n) is 3.03. The van der Waals surface area contributed by atoms with Crippen LogP contribution in [0.2, 0.25) is 18.1 Å². The third-order valence-electron chi connectivity index (χ3n) is 6.08. The molecular formula is C21H37BrN2O2SSi. The third kappa shape index (κ3) is 6.29. The summed E-state index contributed by atoms with van der Waals surface area (Å²) in [6.07, 6.45) is 2.17. The summed E-state index contributed by atoms with van der Waals surface area (Å²) in [6, 6.07) is 5.96. The van der Waals surface area contributed by atoms with Crippen molar-refractivity contribution in [1.82, 2.24) is 9.71 Å². The van der Waals surface area contributed by atoms with Gasteiger partial charge in [-0.05, 0) is 91.6 Å². The summed E-state index contributed by atoms with van der Waals surface area (Å²) >= 11 is 2.34. The van der Waals surface area contributed by atoms with Gasteiger partial charge in [0, 0.05) is 18.0 Å². The molecule has 0 unspecified atom stereocenters. The summed E-state index contributed by atoms with van der Waals surface area (Å²) in [6.45, 7) is 18.3. The van der Waals surface area contributed by atoms with E-state index < -0.39 is 19.7 Å². The molecule has 160 valence electrons. The Hall–Kier alpha value is 0.0769. The number of hydrogen-bond donors (Lipinski definition) is 1. The van der Waals surface area contributed by atoms with Gasteiger partial charge < -0.3 is 8.98 Å². The van der Waals surface area contributed by atoms with Crippen LogP contribution in [0.4, 0.5) is 0 Å². The van der Waals surface area contributed by atoms with Crippen molar-refractivity contribution < 1.29 is 8.98 Å². The van der Waals surface area contributed by atoms with Crippen molar-refractivity contribution in [1.29, 1.82) is 0 Å². The molecule has 1 saturated carbocycles. The first kappa shape index (κ1) is 24.3. The molecule has 0 spiro atoms. The maximum absolute atomic E-state index is 12.8. The van der Waals surface area contributed by atoms with E-state index >= 15 is 0 Å². The van der Waals surface area contributed by atoms with E-state index in [1.54, 1.807) is 0 Å². The maximum atomic E-state index is 12.8. The highest BCUT2D eigenvalue weighted by Crippen LogP contribution is 2.44. The lowest BCUT2D eigenvalue weighted by Gasteiger charge is -2.43. The van der Waals surface area contributed by atoms with Crippen molar-refractivity contribution in [3.63, 3.8) is 0 Å². The SMILES string of the molecule is CC(C)(C)[S@@+]([O-])N[C@H](c1cccc(Br)n1)C1CC(CO[Si](C)(C)C(C)(C)C)C1. The molecule has 1 fully saturated rings. The maximum Gasteiger partial charge on any atom is 0.191 e. The Morgan fingerprint density at radius 2 is 1.86 bits per heavy atom. The lowest BCUT2D eigenvalue weighted by Crippen LogP contribution is -2.47. The van der Waals surface area contributed by atoms with Crippen LogP contribution in [0.15, 0.2) is 22.8 Å². The molecule has 1 aliphatic rings. The standard InChI is InChI=1S/C21H37BrN2O2SSi/c1-20(2,3)27(25)24-19(17-10-9-11-18(22)23-17)16-12-15(13-16)14-26-28(7,8)21(4,5)6/h9-11,15-16,19,24H,12-14H2,1-8H3/t15?,16?,19-,27+/m0/s1. The van der Waals surface area contributed by atoms with Gasteiger partial charge in [0.15, 0.2) is 8.32 Å². The summed E-state index contributed by atoms with van der Waals surface area (Å²) in [4.78, 5) is 4.65. The highest BCUT2D eigenvalue weighted by atomic mass is 79.9. The number of halogens is 1. The van der Waals surface area contributed by atoms with E-state index in [-0.39, 0.29) is 15.8 Å². The van der Waals surface area contributed by atoms with E-state index in [1.807, 2.05) is 39.0 Å². The van der Waals surface area contributed by atoms with Gasteiger partial charge in [0.05, 0.1) is 11.7 Å². The van der Waals surface area contributed by atoms with Crippen LogP contribution in [-0.2, 0) is 15.8 Å². The molecule has 1 N–H and O–H groups in total. The Balaban J connectivity index is 2.02. The molecule has 2 atom stereocenters. The van der Waals surface area contributed by atoms with E-state index in [0.717, 1.165) is 29.7 Å². The molecular weight excluding hydrogens is 452 g/mol. The molecule has 0 bridgehead atoms. The van der Waals surface area contributed by atoms with E-state index in [0.29, 0.717) is 11.8 Å². The van der Waals surface area contributed by atoms with Crippen LogP contribution in [0, 0.1) is 11.8 Å². The second kappa shape index (κ2) is 9.06. The first-order chi connectivity index (χ1) is 12.7. The first-order valence-corrected chi connectivity index (χ1v) is 15.0. The molecule has 0 aromatic carbocycles. The van der Waals surface area contributed by atoms with Crippen LogP contribution in [0.3, 0.4) is 0 Å². The molecule has 7 heteroatoms. The molecule has 1 heterocycles. The Kier molecular flexibility index (Phi) is 7.88. The van der Waals surface area contributed by atoms with Crippen molar-refractivity contribution in [3.05, 3.63) is 28.5 Å². The third-order valence-corrected chi connectivity index (χ3v) is 12.6. The largest absolute Gasteiger partial charge is 0.598 e. The molecule has 1 aliphatic carbocycles. The van der Waals surface area contributed by atoms with E-state index in [4.69, 9.17) is 4.43 Å². The predicted molar refractivity (Wildman–Crippen MR) is 125 cm³/mol. The van der Waals surface area contributed by atoms with Gasteiger partial charge >= 0.3 is 0 Å². The number of rotatable bonds is 7. The topological polar surface area (TPSA) is 57.2 Å². The highest BCUT2D eigenvalue weighted by molar-refractivity contribution is 9.10. The summed E-state index contributed by atoms with van der Waals surface area (Å²) in [7, 11) is -1.70. The van der Waals surface area contributed by atoms with Gasteiger partial charge in [0.25, 0.3) is 0 Å². The van der Waals surface area contributed by atoms with Gasteiger partial charge in [-0.3, -0.25) is 0 Å². The zero-order valence-corrected chi connectivity index (χ0v) is 22.0. The monoisotopic (exact) mass is 488 g/mol. The lowest BCUT2D eigenvalue weighted by molar-refractivity contribution is 0.0907. The molecule has 4 nitrogen and oxygen atoms in total. The fraction of sp³-hybridized carbons (Fsp3) is 0.762. The highest BCUT2D eigenvalue weighted by Gasteiger charge is 2.43. The Bertz CT molecular complexity index is 655. The predicted octanol–water partition coefficient (Wildman–Crippen LogP) is 5.99.